The van der Waals surface area contributed by atoms with Crippen molar-refractivity contribution in [1.29, 1.82) is 5.26 Å². The normalized spacial score (nSPS) is 10.2. The van der Waals surface area contributed by atoms with Crippen molar-refractivity contribution in [3.05, 3.63) is 65.3 Å². The van der Waals surface area contributed by atoms with E-state index in [4.69, 9.17) is 16.9 Å². The highest BCUT2D eigenvalue weighted by molar-refractivity contribution is 6.30. The summed E-state index contributed by atoms with van der Waals surface area (Å²) in [6.07, 6.45) is 1.75. The number of pyridine rings is 1. The number of hydrogen-bond acceptors (Lipinski definition) is 3. The summed E-state index contributed by atoms with van der Waals surface area (Å²) >= 11 is 5.90. The van der Waals surface area contributed by atoms with E-state index in [1.165, 1.54) is 0 Å². The number of nitrogens with zero attached hydrogens (tertiary/aromatic N) is 2. The molecule has 20 heavy (non-hydrogen) atoms. The van der Waals surface area contributed by atoms with Gasteiger partial charge in [-0.05, 0) is 30.3 Å². The fraction of sp³-hybridized carbons (Fsp3) is 0. The van der Waals surface area contributed by atoms with E-state index in [0.29, 0.717) is 10.6 Å². The molecule has 0 unspecified atom stereocenters. The Morgan fingerprint density at radius 2 is 1.90 bits per heavy atom. The molecule has 0 aliphatic heterocycles. The van der Waals surface area contributed by atoms with Crippen LogP contribution in [0.5, 0.6) is 0 Å². The van der Waals surface area contributed by atoms with E-state index < -0.39 is 0 Å². The highest BCUT2D eigenvalue weighted by Gasteiger charge is 2.06. The second-order valence-corrected chi connectivity index (χ2v) is 4.74. The predicted molar refractivity (Wildman–Crippen MR) is 81.2 cm³/mol. The van der Waals surface area contributed by atoms with Crippen molar-refractivity contribution in [2.75, 3.05) is 5.32 Å². The number of nitriles is 1. The molecule has 0 amide bonds. The topological polar surface area (TPSA) is 48.7 Å². The van der Waals surface area contributed by atoms with Gasteiger partial charge in [-0.1, -0.05) is 29.8 Å². The molecule has 3 nitrogen and oxygen atoms in total. The van der Waals surface area contributed by atoms with Crippen molar-refractivity contribution < 1.29 is 0 Å². The van der Waals surface area contributed by atoms with Crippen LogP contribution in [0.1, 0.15) is 5.56 Å². The average Bonchev–Trinajstić information content (AvgIpc) is 2.49. The summed E-state index contributed by atoms with van der Waals surface area (Å²) in [6, 6.07) is 17.1. The second-order valence-electron chi connectivity index (χ2n) is 4.31. The summed E-state index contributed by atoms with van der Waals surface area (Å²) in [5.74, 6) is 0. The Balaban J connectivity index is 2.08. The summed E-state index contributed by atoms with van der Waals surface area (Å²) in [5.41, 5.74) is 2.95. The van der Waals surface area contributed by atoms with E-state index in [2.05, 4.69) is 16.4 Å². The monoisotopic (exact) mass is 279 g/mol. The van der Waals surface area contributed by atoms with Crippen molar-refractivity contribution in [1.82, 2.24) is 4.98 Å². The van der Waals surface area contributed by atoms with Crippen LogP contribution >= 0.6 is 11.6 Å². The molecule has 0 saturated heterocycles. The van der Waals surface area contributed by atoms with Gasteiger partial charge in [0.15, 0.2) is 0 Å². The SMILES string of the molecule is N#Cc1cc(Cl)ccc1Nc1cccc2cccnc12. The van der Waals surface area contributed by atoms with E-state index in [1.807, 2.05) is 30.3 Å². The zero-order chi connectivity index (χ0) is 13.9. The lowest BCUT2D eigenvalue weighted by molar-refractivity contribution is 1.40. The molecule has 0 fully saturated rings. The maximum absolute atomic E-state index is 9.17. The van der Waals surface area contributed by atoms with Gasteiger partial charge in [0.1, 0.15) is 6.07 Å². The summed E-state index contributed by atoms with van der Waals surface area (Å²) in [4.78, 5) is 4.38. The molecule has 0 aliphatic carbocycles. The zero-order valence-electron chi connectivity index (χ0n) is 10.5. The molecule has 0 spiro atoms. The van der Waals surface area contributed by atoms with Crippen molar-refractivity contribution in [2.24, 2.45) is 0 Å². The third-order valence-corrected chi connectivity index (χ3v) is 3.24. The average molecular weight is 280 g/mol. The first-order valence-electron chi connectivity index (χ1n) is 6.08. The van der Waals surface area contributed by atoms with Crippen LogP contribution in [0, 0.1) is 11.3 Å². The zero-order valence-corrected chi connectivity index (χ0v) is 11.2. The highest BCUT2D eigenvalue weighted by atomic mass is 35.5. The van der Waals surface area contributed by atoms with E-state index in [1.54, 1.807) is 24.4 Å². The Hall–Kier alpha value is -2.57. The molecule has 0 radical (unpaired) electrons. The van der Waals surface area contributed by atoms with Crippen LogP contribution in [-0.2, 0) is 0 Å². The molecule has 3 aromatic rings. The maximum atomic E-state index is 9.17. The number of anilines is 2. The van der Waals surface area contributed by atoms with E-state index >= 15 is 0 Å². The predicted octanol–water partition coefficient (Wildman–Crippen LogP) is 4.50. The van der Waals surface area contributed by atoms with Gasteiger partial charge in [0, 0.05) is 16.6 Å². The number of hydrogen-bond donors (Lipinski definition) is 1. The van der Waals surface area contributed by atoms with Crippen molar-refractivity contribution in [3.63, 3.8) is 0 Å². The molecule has 0 saturated carbocycles. The fourth-order valence-electron chi connectivity index (χ4n) is 2.07. The number of benzene rings is 2. The van der Waals surface area contributed by atoms with E-state index in [9.17, 15) is 0 Å². The van der Waals surface area contributed by atoms with Crippen LogP contribution in [0.15, 0.2) is 54.7 Å². The van der Waals surface area contributed by atoms with Crippen LogP contribution < -0.4 is 5.32 Å². The molecule has 0 atom stereocenters. The largest absolute Gasteiger partial charge is 0.353 e. The van der Waals surface area contributed by atoms with E-state index in [-0.39, 0.29) is 0 Å². The Kier molecular flexibility index (Phi) is 3.24. The number of nitrogens with one attached hydrogen (secondary N) is 1. The van der Waals surface area contributed by atoms with Crippen molar-refractivity contribution in [3.8, 4) is 6.07 Å². The Morgan fingerprint density at radius 1 is 1.05 bits per heavy atom. The van der Waals surface area contributed by atoms with Gasteiger partial charge in [-0.15, -0.1) is 0 Å². The summed E-state index contributed by atoms with van der Waals surface area (Å²) in [7, 11) is 0. The molecule has 4 heteroatoms. The number of fused-ring (bicyclic) bond motifs is 1. The van der Waals surface area contributed by atoms with Gasteiger partial charge >= 0.3 is 0 Å². The van der Waals surface area contributed by atoms with Gasteiger partial charge in [-0.25, -0.2) is 0 Å². The van der Waals surface area contributed by atoms with Gasteiger partial charge in [-0.3, -0.25) is 4.98 Å². The number of rotatable bonds is 2. The van der Waals surface area contributed by atoms with Crippen LogP contribution in [0.25, 0.3) is 10.9 Å². The van der Waals surface area contributed by atoms with E-state index in [0.717, 1.165) is 22.3 Å². The van der Waals surface area contributed by atoms with Gasteiger partial charge in [0.25, 0.3) is 0 Å². The quantitative estimate of drug-likeness (QED) is 0.751. The fourth-order valence-corrected chi connectivity index (χ4v) is 2.24. The number of halogens is 1. The molecule has 2 aromatic carbocycles. The lowest BCUT2D eigenvalue weighted by Crippen LogP contribution is -1.95. The summed E-state index contributed by atoms with van der Waals surface area (Å²) in [5, 5.41) is 14.0. The Morgan fingerprint density at radius 3 is 2.75 bits per heavy atom. The Labute approximate surface area is 121 Å². The van der Waals surface area contributed by atoms with Gasteiger partial charge in [-0.2, -0.15) is 5.26 Å². The lowest BCUT2D eigenvalue weighted by Gasteiger charge is -2.10. The van der Waals surface area contributed by atoms with Crippen molar-refractivity contribution in [2.45, 2.75) is 0 Å². The summed E-state index contributed by atoms with van der Waals surface area (Å²) < 4.78 is 0. The van der Waals surface area contributed by atoms with Gasteiger partial charge < -0.3 is 5.32 Å². The second kappa shape index (κ2) is 5.20. The van der Waals surface area contributed by atoms with Crippen LogP contribution in [0.3, 0.4) is 0 Å². The van der Waals surface area contributed by atoms with Gasteiger partial charge in [0.05, 0.1) is 22.5 Å². The molecular formula is C16H10ClN3. The molecule has 1 heterocycles. The van der Waals surface area contributed by atoms with Crippen LogP contribution in [0.2, 0.25) is 5.02 Å². The molecule has 0 bridgehead atoms. The minimum Gasteiger partial charge on any atom is -0.353 e. The molecular weight excluding hydrogens is 270 g/mol. The number of aromatic nitrogens is 1. The molecule has 0 aliphatic rings. The third kappa shape index (κ3) is 2.29. The standard InChI is InChI=1S/C16H10ClN3/c17-13-6-7-14(12(9-13)10-18)20-15-5-1-3-11-4-2-8-19-16(11)15/h1-9,20H. The molecule has 96 valence electrons. The van der Waals surface area contributed by atoms with Crippen LogP contribution in [0.4, 0.5) is 11.4 Å². The maximum Gasteiger partial charge on any atom is 0.101 e. The minimum atomic E-state index is 0.505. The first kappa shape index (κ1) is 12.5. The summed E-state index contributed by atoms with van der Waals surface area (Å²) in [6.45, 7) is 0. The highest BCUT2D eigenvalue weighted by Crippen LogP contribution is 2.27. The Bertz CT molecular complexity index is 816. The van der Waals surface area contributed by atoms with Crippen molar-refractivity contribution >= 4 is 33.9 Å². The first-order valence-corrected chi connectivity index (χ1v) is 6.46. The molecule has 3 rings (SSSR count). The lowest BCUT2D eigenvalue weighted by atomic mass is 10.1. The van der Waals surface area contributed by atoms with Crippen LogP contribution in [-0.4, -0.2) is 4.98 Å². The first-order chi connectivity index (χ1) is 9.78. The third-order valence-electron chi connectivity index (χ3n) is 3.00. The van der Waals surface area contributed by atoms with Gasteiger partial charge in [0.2, 0.25) is 0 Å². The molecule has 1 N–H and O–H groups in total. The molecule has 1 aromatic heterocycles. The minimum absolute atomic E-state index is 0.505. The smallest absolute Gasteiger partial charge is 0.101 e. The number of para-hydroxylation sites is 1.